The Bertz CT molecular complexity index is 589. The fourth-order valence-electron chi connectivity index (χ4n) is 2.25. The van der Waals surface area contributed by atoms with Gasteiger partial charge in [0.25, 0.3) is 6.43 Å². The molecule has 0 atom stereocenters. The maximum atomic E-state index is 12.8. The molecule has 1 aromatic heterocycles. The smallest absolute Gasteiger partial charge is 0.255 e. The summed E-state index contributed by atoms with van der Waals surface area (Å²) in [7, 11) is 0. The monoisotopic (exact) mass is 311 g/mol. The minimum atomic E-state index is -2.39. The molecule has 0 fully saturated rings. The van der Waals surface area contributed by atoms with E-state index in [4.69, 9.17) is 9.47 Å². The van der Waals surface area contributed by atoms with Crippen LogP contribution in [0.1, 0.15) is 4.88 Å². The van der Waals surface area contributed by atoms with Gasteiger partial charge in [-0.15, -0.1) is 11.3 Å². The molecular weight excluding hydrogens is 296 g/mol. The second-order valence-electron chi connectivity index (χ2n) is 4.68. The highest BCUT2D eigenvalue weighted by atomic mass is 32.1. The Morgan fingerprint density at radius 3 is 2.67 bits per heavy atom. The van der Waals surface area contributed by atoms with E-state index in [0.717, 1.165) is 4.88 Å². The standard InChI is InChI=1S/C15H15F2NO2S/c16-15(17)10-18(9-12-2-1-7-21-12)11-3-4-13-14(8-11)20-6-5-19-13/h1-4,7-8,15H,5-6,9-10H2. The summed E-state index contributed by atoms with van der Waals surface area (Å²) in [5.41, 5.74) is 0.716. The number of fused-ring (bicyclic) bond motifs is 1. The molecule has 2 heterocycles. The molecule has 0 saturated carbocycles. The highest BCUT2D eigenvalue weighted by Gasteiger charge is 2.18. The molecule has 21 heavy (non-hydrogen) atoms. The van der Waals surface area contributed by atoms with Crippen LogP contribution < -0.4 is 14.4 Å². The van der Waals surface area contributed by atoms with E-state index in [2.05, 4.69) is 0 Å². The van der Waals surface area contributed by atoms with Gasteiger partial charge in [0, 0.05) is 16.6 Å². The number of anilines is 1. The number of nitrogens with zero attached hydrogens (tertiary/aromatic N) is 1. The number of ether oxygens (including phenoxy) is 2. The quantitative estimate of drug-likeness (QED) is 0.838. The number of benzene rings is 1. The van der Waals surface area contributed by atoms with E-state index < -0.39 is 6.43 Å². The first-order chi connectivity index (χ1) is 10.2. The van der Waals surface area contributed by atoms with E-state index in [0.29, 0.717) is 36.9 Å². The number of halogens is 2. The Morgan fingerprint density at radius 2 is 1.95 bits per heavy atom. The van der Waals surface area contributed by atoms with E-state index in [1.54, 1.807) is 34.4 Å². The number of alkyl halides is 2. The third-order valence-corrected chi connectivity index (χ3v) is 4.04. The molecule has 0 radical (unpaired) electrons. The van der Waals surface area contributed by atoms with Crippen LogP contribution in [0.3, 0.4) is 0 Å². The summed E-state index contributed by atoms with van der Waals surface area (Å²) in [6.07, 6.45) is -2.39. The molecule has 0 amide bonds. The van der Waals surface area contributed by atoms with Crippen LogP contribution in [-0.2, 0) is 6.54 Å². The molecular formula is C15H15F2NO2S. The van der Waals surface area contributed by atoms with Gasteiger partial charge in [0.2, 0.25) is 0 Å². The normalized spacial score (nSPS) is 13.5. The molecule has 1 aromatic carbocycles. The second-order valence-corrected chi connectivity index (χ2v) is 5.71. The van der Waals surface area contributed by atoms with E-state index in [-0.39, 0.29) is 6.54 Å². The van der Waals surface area contributed by atoms with E-state index >= 15 is 0 Å². The van der Waals surface area contributed by atoms with Gasteiger partial charge < -0.3 is 14.4 Å². The second kappa shape index (κ2) is 6.30. The van der Waals surface area contributed by atoms with Crippen LogP contribution in [0.25, 0.3) is 0 Å². The minimum absolute atomic E-state index is 0.308. The topological polar surface area (TPSA) is 21.7 Å². The average molecular weight is 311 g/mol. The molecule has 1 aliphatic heterocycles. The predicted molar refractivity (Wildman–Crippen MR) is 78.8 cm³/mol. The van der Waals surface area contributed by atoms with Crippen LogP contribution in [0.4, 0.5) is 14.5 Å². The third kappa shape index (κ3) is 3.44. The van der Waals surface area contributed by atoms with Crippen molar-refractivity contribution in [3.63, 3.8) is 0 Å². The zero-order valence-electron chi connectivity index (χ0n) is 11.3. The Kier molecular flexibility index (Phi) is 4.24. The van der Waals surface area contributed by atoms with Crippen molar-refractivity contribution in [2.45, 2.75) is 13.0 Å². The summed E-state index contributed by atoms with van der Waals surface area (Å²) in [5.74, 6) is 1.28. The molecule has 2 aromatic rings. The lowest BCUT2D eigenvalue weighted by atomic mass is 10.2. The first kappa shape index (κ1) is 14.1. The molecule has 112 valence electrons. The largest absolute Gasteiger partial charge is 0.486 e. The van der Waals surface area contributed by atoms with Gasteiger partial charge in [0.1, 0.15) is 13.2 Å². The van der Waals surface area contributed by atoms with Crippen LogP contribution >= 0.6 is 11.3 Å². The Hall–Kier alpha value is -1.82. The average Bonchev–Trinajstić information content (AvgIpc) is 2.98. The van der Waals surface area contributed by atoms with Crippen molar-refractivity contribution in [2.75, 3.05) is 24.7 Å². The zero-order valence-corrected chi connectivity index (χ0v) is 12.1. The summed E-state index contributed by atoms with van der Waals surface area (Å²) >= 11 is 1.56. The zero-order chi connectivity index (χ0) is 14.7. The number of rotatable bonds is 5. The lowest BCUT2D eigenvalue weighted by molar-refractivity contribution is 0.154. The number of hydrogen-bond donors (Lipinski definition) is 0. The molecule has 3 nitrogen and oxygen atoms in total. The number of hydrogen-bond acceptors (Lipinski definition) is 4. The predicted octanol–water partition coefficient (Wildman–Crippen LogP) is 3.79. The van der Waals surface area contributed by atoms with Crippen molar-refractivity contribution in [3.8, 4) is 11.5 Å². The fourth-order valence-corrected chi connectivity index (χ4v) is 2.97. The molecule has 6 heteroatoms. The van der Waals surface area contributed by atoms with Gasteiger partial charge in [0.05, 0.1) is 13.1 Å². The van der Waals surface area contributed by atoms with Crippen LogP contribution in [0.15, 0.2) is 35.7 Å². The van der Waals surface area contributed by atoms with Gasteiger partial charge in [0.15, 0.2) is 11.5 Å². The Morgan fingerprint density at radius 1 is 1.14 bits per heavy atom. The molecule has 3 rings (SSSR count). The maximum absolute atomic E-state index is 12.8. The highest BCUT2D eigenvalue weighted by molar-refractivity contribution is 7.09. The molecule has 0 saturated heterocycles. The first-order valence-corrected chi connectivity index (χ1v) is 7.55. The van der Waals surface area contributed by atoms with Gasteiger partial charge in [-0.3, -0.25) is 0 Å². The summed E-state index contributed by atoms with van der Waals surface area (Å²) in [6, 6.07) is 9.20. The SMILES string of the molecule is FC(F)CN(Cc1cccs1)c1ccc2c(c1)OCCO2. The van der Waals surface area contributed by atoms with Gasteiger partial charge in [-0.25, -0.2) is 8.78 Å². The van der Waals surface area contributed by atoms with E-state index in [9.17, 15) is 8.78 Å². The molecule has 1 aliphatic rings. The highest BCUT2D eigenvalue weighted by Crippen LogP contribution is 2.34. The van der Waals surface area contributed by atoms with Crippen molar-refractivity contribution in [3.05, 3.63) is 40.6 Å². The van der Waals surface area contributed by atoms with Crippen molar-refractivity contribution >= 4 is 17.0 Å². The van der Waals surface area contributed by atoms with Crippen LogP contribution in [0.2, 0.25) is 0 Å². The van der Waals surface area contributed by atoms with Gasteiger partial charge in [-0.2, -0.15) is 0 Å². The van der Waals surface area contributed by atoms with Crippen LogP contribution in [0, 0.1) is 0 Å². The van der Waals surface area contributed by atoms with Crippen LogP contribution in [-0.4, -0.2) is 26.2 Å². The van der Waals surface area contributed by atoms with Gasteiger partial charge in [-0.05, 0) is 23.6 Å². The van der Waals surface area contributed by atoms with Crippen LogP contribution in [0.5, 0.6) is 11.5 Å². The number of thiophene rings is 1. The Balaban J connectivity index is 1.84. The van der Waals surface area contributed by atoms with Crippen molar-refractivity contribution in [1.82, 2.24) is 0 Å². The van der Waals surface area contributed by atoms with Crippen molar-refractivity contribution in [1.29, 1.82) is 0 Å². The lowest BCUT2D eigenvalue weighted by Gasteiger charge is -2.26. The third-order valence-electron chi connectivity index (χ3n) is 3.18. The molecule has 0 spiro atoms. The molecule has 0 N–H and O–H groups in total. The van der Waals surface area contributed by atoms with Crippen molar-refractivity contribution < 1.29 is 18.3 Å². The summed E-state index contributed by atoms with van der Waals surface area (Å²) in [6.45, 7) is 1.15. The molecule has 0 bridgehead atoms. The van der Waals surface area contributed by atoms with Crippen molar-refractivity contribution in [2.24, 2.45) is 0 Å². The summed E-state index contributed by atoms with van der Waals surface area (Å²) in [4.78, 5) is 2.71. The summed E-state index contributed by atoms with van der Waals surface area (Å²) in [5, 5.41) is 1.94. The first-order valence-electron chi connectivity index (χ1n) is 6.67. The molecule has 0 aliphatic carbocycles. The van der Waals surface area contributed by atoms with E-state index in [1.165, 1.54) is 0 Å². The van der Waals surface area contributed by atoms with Gasteiger partial charge >= 0.3 is 0 Å². The maximum Gasteiger partial charge on any atom is 0.255 e. The molecule has 0 unspecified atom stereocenters. The lowest BCUT2D eigenvalue weighted by Crippen LogP contribution is -2.28. The Labute approximate surface area is 125 Å². The minimum Gasteiger partial charge on any atom is -0.486 e. The fraction of sp³-hybridized carbons (Fsp3) is 0.333. The summed E-state index contributed by atoms with van der Waals surface area (Å²) < 4.78 is 36.7. The van der Waals surface area contributed by atoms with E-state index in [1.807, 2.05) is 17.5 Å². The van der Waals surface area contributed by atoms with Gasteiger partial charge in [-0.1, -0.05) is 6.07 Å².